The molecule has 1 saturated carbocycles. The molecule has 2 rings (SSSR count). The van der Waals surface area contributed by atoms with Crippen LogP contribution in [0.3, 0.4) is 0 Å². The van der Waals surface area contributed by atoms with Crippen molar-refractivity contribution in [2.75, 3.05) is 7.11 Å². The van der Waals surface area contributed by atoms with E-state index < -0.39 is 5.60 Å². The molecule has 0 amide bonds. The molecule has 0 saturated heterocycles. The Hall–Kier alpha value is -1.02. The highest BCUT2D eigenvalue weighted by atomic mass is 16.5. The van der Waals surface area contributed by atoms with Crippen LogP contribution in [0.2, 0.25) is 0 Å². The number of ether oxygens (including phenoxy) is 1. The van der Waals surface area contributed by atoms with Gasteiger partial charge in [0.1, 0.15) is 5.75 Å². The van der Waals surface area contributed by atoms with Crippen molar-refractivity contribution >= 4 is 0 Å². The summed E-state index contributed by atoms with van der Waals surface area (Å²) in [7, 11) is 1.68. The number of aryl methyl sites for hydroxylation is 1. The summed E-state index contributed by atoms with van der Waals surface area (Å²) in [5, 5.41) is 10.8. The van der Waals surface area contributed by atoms with Crippen molar-refractivity contribution in [1.82, 2.24) is 0 Å². The van der Waals surface area contributed by atoms with E-state index in [1.54, 1.807) is 7.11 Å². The van der Waals surface area contributed by atoms with Crippen LogP contribution in [-0.4, -0.2) is 17.8 Å². The van der Waals surface area contributed by atoms with E-state index in [9.17, 15) is 5.11 Å². The average Bonchev–Trinajstić information content (AvgIpc) is 2.42. The molecule has 2 heteroatoms. The van der Waals surface area contributed by atoms with E-state index in [0.717, 1.165) is 43.8 Å². The summed E-state index contributed by atoms with van der Waals surface area (Å²) in [6, 6.07) is 8.17. The third-order valence-electron chi connectivity index (χ3n) is 4.75. The van der Waals surface area contributed by atoms with Crippen LogP contribution in [0.1, 0.15) is 45.1 Å². The maximum atomic E-state index is 10.8. The fourth-order valence-corrected chi connectivity index (χ4v) is 3.21. The number of benzene rings is 1. The lowest BCUT2D eigenvalue weighted by Crippen LogP contribution is -2.41. The molecular formula is C17H26O2. The van der Waals surface area contributed by atoms with Gasteiger partial charge in [0.2, 0.25) is 0 Å². The van der Waals surface area contributed by atoms with E-state index >= 15 is 0 Å². The Bertz CT molecular complexity index is 398. The predicted molar refractivity (Wildman–Crippen MR) is 78.4 cm³/mol. The Kier molecular flexibility index (Phi) is 4.51. The van der Waals surface area contributed by atoms with Crippen LogP contribution in [0.25, 0.3) is 0 Å². The Labute approximate surface area is 116 Å². The van der Waals surface area contributed by atoms with Gasteiger partial charge >= 0.3 is 0 Å². The fourth-order valence-electron chi connectivity index (χ4n) is 3.21. The summed E-state index contributed by atoms with van der Waals surface area (Å²) in [5.41, 5.74) is 0.812. The van der Waals surface area contributed by atoms with E-state index in [1.165, 1.54) is 5.56 Å². The molecule has 1 aliphatic rings. The Morgan fingerprint density at radius 1 is 1.26 bits per heavy atom. The highest BCUT2D eigenvalue weighted by Gasteiger charge is 2.37. The smallest absolute Gasteiger partial charge is 0.118 e. The lowest BCUT2D eigenvalue weighted by Gasteiger charge is -2.41. The first-order chi connectivity index (χ1) is 9.03. The third-order valence-corrected chi connectivity index (χ3v) is 4.75. The highest BCUT2D eigenvalue weighted by molar-refractivity contribution is 5.27. The van der Waals surface area contributed by atoms with Gasteiger partial charge < -0.3 is 9.84 Å². The molecule has 3 atom stereocenters. The minimum absolute atomic E-state index is 0.412. The summed E-state index contributed by atoms with van der Waals surface area (Å²) >= 11 is 0. The zero-order chi connectivity index (χ0) is 13.9. The van der Waals surface area contributed by atoms with Gasteiger partial charge in [-0.2, -0.15) is 0 Å². The fraction of sp³-hybridized carbons (Fsp3) is 0.647. The van der Waals surface area contributed by atoms with Gasteiger partial charge in [0.05, 0.1) is 12.7 Å². The van der Waals surface area contributed by atoms with Crippen LogP contribution in [0, 0.1) is 11.8 Å². The highest BCUT2D eigenvalue weighted by Crippen LogP contribution is 2.39. The van der Waals surface area contributed by atoms with Gasteiger partial charge in [-0.15, -0.1) is 0 Å². The topological polar surface area (TPSA) is 29.5 Å². The van der Waals surface area contributed by atoms with Crippen molar-refractivity contribution in [1.29, 1.82) is 0 Å². The zero-order valence-electron chi connectivity index (χ0n) is 12.4. The Balaban J connectivity index is 1.93. The van der Waals surface area contributed by atoms with Crippen molar-refractivity contribution < 1.29 is 9.84 Å². The lowest BCUT2D eigenvalue weighted by molar-refractivity contribution is -0.0588. The van der Waals surface area contributed by atoms with Crippen molar-refractivity contribution in [3.05, 3.63) is 29.8 Å². The van der Waals surface area contributed by atoms with E-state index in [-0.39, 0.29) is 0 Å². The SMILES string of the molecule is COc1ccc(CCC2(O)CCC(C)CC2C)cc1. The van der Waals surface area contributed by atoms with E-state index in [2.05, 4.69) is 26.0 Å². The van der Waals surface area contributed by atoms with E-state index in [0.29, 0.717) is 5.92 Å². The van der Waals surface area contributed by atoms with Crippen molar-refractivity contribution in [2.45, 2.75) is 51.6 Å². The number of hydrogen-bond acceptors (Lipinski definition) is 2. The zero-order valence-corrected chi connectivity index (χ0v) is 12.4. The molecule has 19 heavy (non-hydrogen) atoms. The average molecular weight is 262 g/mol. The first-order valence-corrected chi connectivity index (χ1v) is 7.39. The van der Waals surface area contributed by atoms with Gasteiger partial charge in [-0.25, -0.2) is 0 Å². The number of aliphatic hydroxyl groups is 1. The predicted octanol–water partition coefficient (Wildman–Crippen LogP) is 3.82. The second kappa shape index (κ2) is 5.96. The van der Waals surface area contributed by atoms with Crippen LogP contribution in [0.15, 0.2) is 24.3 Å². The molecule has 0 aromatic heterocycles. The van der Waals surface area contributed by atoms with Gasteiger partial charge in [-0.3, -0.25) is 0 Å². The summed E-state index contributed by atoms with van der Waals surface area (Å²) in [5.74, 6) is 2.06. The summed E-state index contributed by atoms with van der Waals surface area (Å²) in [4.78, 5) is 0. The Morgan fingerprint density at radius 2 is 1.95 bits per heavy atom. The molecule has 0 aliphatic heterocycles. The molecule has 1 aromatic carbocycles. The quantitative estimate of drug-likeness (QED) is 0.894. The van der Waals surface area contributed by atoms with Crippen molar-refractivity contribution in [3.63, 3.8) is 0 Å². The van der Waals surface area contributed by atoms with Crippen molar-refractivity contribution in [2.24, 2.45) is 11.8 Å². The van der Waals surface area contributed by atoms with Crippen LogP contribution < -0.4 is 4.74 Å². The summed E-state index contributed by atoms with van der Waals surface area (Å²) in [6.45, 7) is 4.49. The van der Waals surface area contributed by atoms with Gasteiger partial charge in [0.15, 0.2) is 0 Å². The molecule has 106 valence electrons. The minimum Gasteiger partial charge on any atom is -0.497 e. The number of hydrogen-bond donors (Lipinski definition) is 1. The molecule has 1 fully saturated rings. The molecule has 2 nitrogen and oxygen atoms in total. The molecule has 0 heterocycles. The van der Waals surface area contributed by atoms with Crippen LogP contribution >= 0.6 is 0 Å². The van der Waals surface area contributed by atoms with Crippen molar-refractivity contribution in [3.8, 4) is 5.75 Å². The maximum Gasteiger partial charge on any atom is 0.118 e. The second-order valence-corrected chi connectivity index (χ2v) is 6.23. The molecule has 0 radical (unpaired) electrons. The monoisotopic (exact) mass is 262 g/mol. The first kappa shape index (κ1) is 14.4. The van der Waals surface area contributed by atoms with Gasteiger partial charge in [-0.1, -0.05) is 26.0 Å². The van der Waals surface area contributed by atoms with Crippen LogP contribution in [0.5, 0.6) is 5.75 Å². The molecule has 3 unspecified atom stereocenters. The number of rotatable bonds is 4. The van der Waals surface area contributed by atoms with Crippen LogP contribution in [0.4, 0.5) is 0 Å². The number of methoxy groups -OCH3 is 1. The largest absolute Gasteiger partial charge is 0.497 e. The molecule has 0 spiro atoms. The lowest BCUT2D eigenvalue weighted by atomic mass is 9.70. The van der Waals surface area contributed by atoms with E-state index in [4.69, 9.17) is 4.74 Å². The molecule has 1 aliphatic carbocycles. The van der Waals surface area contributed by atoms with Crippen LogP contribution in [-0.2, 0) is 6.42 Å². The van der Waals surface area contributed by atoms with Gasteiger partial charge in [-0.05, 0) is 61.6 Å². The normalized spacial score (nSPS) is 31.2. The summed E-state index contributed by atoms with van der Waals surface area (Å²) < 4.78 is 5.16. The van der Waals surface area contributed by atoms with E-state index in [1.807, 2.05) is 12.1 Å². The standard InChI is InChI=1S/C17H26O2/c1-13-8-10-17(18,14(2)12-13)11-9-15-4-6-16(19-3)7-5-15/h4-7,13-14,18H,8-12H2,1-3H3. The first-order valence-electron chi connectivity index (χ1n) is 7.39. The third kappa shape index (κ3) is 3.50. The maximum absolute atomic E-state index is 10.8. The molecule has 0 bridgehead atoms. The summed E-state index contributed by atoms with van der Waals surface area (Å²) in [6.07, 6.45) is 5.07. The minimum atomic E-state index is -0.466. The molecular weight excluding hydrogens is 236 g/mol. The van der Waals surface area contributed by atoms with Gasteiger partial charge in [0.25, 0.3) is 0 Å². The molecule has 1 aromatic rings. The second-order valence-electron chi connectivity index (χ2n) is 6.23. The van der Waals surface area contributed by atoms with Gasteiger partial charge in [0, 0.05) is 0 Å². The molecule has 1 N–H and O–H groups in total. The Morgan fingerprint density at radius 3 is 2.53 bits per heavy atom.